The van der Waals surface area contributed by atoms with Crippen LogP contribution in [0.2, 0.25) is 0 Å². The van der Waals surface area contributed by atoms with Crippen molar-refractivity contribution < 1.29 is 23.5 Å². The van der Waals surface area contributed by atoms with Gasteiger partial charge in [-0.25, -0.2) is 0 Å². The fourth-order valence-electron chi connectivity index (χ4n) is 1.30. The summed E-state index contributed by atoms with van der Waals surface area (Å²) in [6.45, 7) is 14.3. The van der Waals surface area contributed by atoms with E-state index in [-0.39, 0.29) is 0 Å². The zero-order chi connectivity index (χ0) is 10.1. The minimum absolute atomic E-state index is 0.622. The van der Waals surface area contributed by atoms with Crippen molar-refractivity contribution >= 4 is 0 Å². The number of hydrogen-bond donors (Lipinski definition) is 0. The zero-order valence-corrected chi connectivity index (χ0v) is 13.2. The summed E-state index contributed by atoms with van der Waals surface area (Å²) < 4.78 is 5.42. The minimum atomic E-state index is -0.622. The van der Waals surface area contributed by atoms with Crippen molar-refractivity contribution in [3.63, 3.8) is 0 Å². The van der Waals surface area contributed by atoms with Crippen LogP contribution in [-0.2, 0) is 23.5 Å². The van der Waals surface area contributed by atoms with Crippen molar-refractivity contribution in [3.8, 4) is 0 Å². The van der Waals surface area contributed by atoms with Gasteiger partial charge in [-0.3, -0.25) is 0 Å². The van der Waals surface area contributed by atoms with Crippen molar-refractivity contribution in [2.45, 2.75) is 40.5 Å². The van der Waals surface area contributed by atoms with Gasteiger partial charge >= 0.3 is 96.0 Å². The summed E-state index contributed by atoms with van der Waals surface area (Å²) in [5.74, 6) is 0. The SMILES string of the molecule is CCC[N](CC)[Hf][N](CC)CCC. The first kappa shape index (κ1) is 13.8. The Labute approximate surface area is 95.8 Å². The van der Waals surface area contributed by atoms with Crippen LogP contribution in [0.5, 0.6) is 0 Å². The molecule has 0 aromatic heterocycles. The molecule has 0 N–H and O–H groups in total. The van der Waals surface area contributed by atoms with Gasteiger partial charge in [0, 0.05) is 0 Å². The Bertz CT molecular complexity index is 97.1. The van der Waals surface area contributed by atoms with Crippen molar-refractivity contribution in [2.24, 2.45) is 0 Å². The average molecular weight is 351 g/mol. The van der Waals surface area contributed by atoms with Crippen LogP contribution in [0.3, 0.4) is 0 Å². The van der Waals surface area contributed by atoms with E-state index in [0.717, 1.165) is 0 Å². The predicted octanol–water partition coefficient (Wildman–Crippen LogP) is 2.36. The topological polar surface area (TPSA) is 6.48 Å². The third-order valence-corrected chi connectivity index (χ3v) is 7.94. The number of hydrogen-bond acceptors (Lipinski definition) is 2. The number of nitrogens with zero attached hydrogens (tertiary/aromatic N) is 2. The predicted molar refractivity (Wildman–Crippen MR) is 55.1 cm³/mol. The van der Waals surface area contributed by atoms with E-state index in [1.54, 1.807) is 0 Å². The fourth-order valence-corrected chi connectivity index (χ4v) is 6.08. The molecule has 0 rings (SSSR count). The van der Waals surface area contributed by atoms with E-state index in [2.05, 4.69) is 33.5 Å². The van der Waals surface area contributed by atoms with Gasteiger partial charge in [-0.05, 0) is 0 Å². The quantitative estimate of drug-likeness (QED) is 0.620. The molecule has 0 aromatic carbocycles. The van der Waals surface area contributed by atoms with Crippen molar-refractivity contribution in [1.29, 1.82) is 0 Å². The van der Waals surface area contributed by atoms with Gasteiger partial charge in [0.05, 0.1) is 0 Å². The molecule has 2 nitrogen and oxygen atoms in total. The Morgan fingerprint density at radius 3 is 1.38 bits per heavy atom. The normalized spacial score (nSPS) is 11.2. The maximum absolute atomic E-state index is 2.71. The molecule has 3 heteroatoms. The molecule has 0 unspecified atom stereocenters. The van der Waals surface area contributed by atoms with Crippen molar-refractivity contribution in [3.05, 3.63) is 0 Å². The summed E-state index contributed by atoms with van der Waals surface area (Å²) in [6.07, 6.45) is 2.62. The third-order valence-electron chi connectivity index (χ3n) is 2.03. The van der Waals surface area contributed by atoms with Crippen LogP contribution in [0.4, 0.5) is 0 Å². The van der Waals surface area contributed by atoms with E-state index in [1.165, 1.54) is 39.0 Å². The van der Waals surface area contributed by atoms with Gasteiger partial charge in [0.15, 0.2) is 0 Å². The first-order chi connectivity index (χ1) is 6.28. The molecule has 0 aliphatic rings. The standard InChI is InChI=1S/2C5H12N.Hf/c2*1-3-5-6-4-2;/h2*3-5H2,1-2H3;/q2*-1;+2. The molecule has 0 fully saturated rings. The average Bonchev–Trinajstić information content (AvgIpc) is 2.16. The van der Waals surface area contributed by atoms with Crippen LogP contribution in [0.1, 0.15) is 40.5 Å². The molecule has 0 atom stereocenters. The van der Waals surface area contributed by atoms with E-state index in [4.69, 9.17) is 0 Å². The van der Waals surface area contributed by atoms with Gasteiger partial charge < -0.3 is 0 Å². The summed E-state index contributed by atoms with van der Waals surface area (Å²) in [5, 5.41) is 0. The Kier molecular flexibility index (Phi) is 9.92. The molecule has 0 amide bonds. The van der Waals surface area contributed by atoms with Crippen LogP contribution in [-0.4, -0.2) is 32.0 Å². The zero-order valence-electron chi connectivity index (χ0n) is 9.64. The van der Waals surface area contributed by atoms with E-state index in [1.807, 2.05) is 0 Å². The molecule has 0 spiro atoms. The summed E-state index contributed by atoms with van der Waals surface area (Å²) in [4.78, 5) is 0. The molecule has 0 heterocycles. The van der Waals surface area contributed by atoms with Gasteiger partial charge in [0.1, 0.15) is 0 Å². The van der Waals surface area contributed by atoms with Gasteiger partial charge in [-0.2, -0.15) is 0 Å². The van der Waals surface area contributed by atoms with Gasteiger partial charge in [0.2, 0.25) is 0 Å². The second-order valence-electron chi connectivity index (χ2n) is 3.26. The molecule has 0 aliphatic heterocycles. The summed E-state index contributed by atoms with van der Waals surface area (Å²) in [7, 11) is 0. The second-order valence-corrected chi connectivity index (χ2v) is 8.52. The van der Waals surface area contributed by atoms with E-state index >= 15 is 0 Å². The molecule has 0 radical (unpaired) electrons. The van der Waals surface area contributed by atoms with Crippen LogP contribution >= 0.6 is 0 Å². The summed E-state index contributed by atoms with van der Waals surface area (Å²) >= 11 is -0.622. The van der Waals surface area contributed by atoms with Crippen molar-refractivity contribution in [2.75, 3.05) is 26.2 Å². The molecule has 0 aromatic rings. The van der Waals surface area contributed by atoms with Crippen LogP contribution in [0.15, 0.2) is 0 Å². The molecule has 13 heavy (non-hydrogen) atoms. The Hall–Kier alpha value is 0.790. The van der Waals surface area contributed by atoms with E-state index in [0.29, 0.717) is 0 Å². The Morgan fingerprint density at radius 1 is 0.769 bits per heavy atom. The third kappa shape index (κ3) is 6.81. The monoisotopic (exact) mass is 352 g/mol. The first-order valence-corrected chi connectivity index (χ1v) is 8.75. The maximum atomic E-state index is 2.71. The first-order valence-electron chi connectivity index (χ1n) is 5.54. The Balaban J connectivity index is 3.73. The molecular weight excluding hydrogens is 327 g/mol. The van der Waals surface area contributed by atoms with Crippen molar-refractivity contribution in [1.82, 2.24) is 5.78 Å². The van der Waals surface area contributed by atoms with E-state index < -0.39 is 23.5 Å². The van der Waals surface area contributed by atoms with Gasteiger partial charge in [-0.15, -0.1) is 0 Å². The van der Waals surface area contributed by atoms with Crippen LogP contribution in [0, 0.1) is 0 Å². The Morgan fingerprint density at radius 2 is 1.15 bits per heavy atom. The second kappa shape index (κ2) is 9.35. The fraction of sp³-hybridized carbons (Fsp3) is 1.00. The van der Waals surface area contributed by atoms with E-state index in [9.17, 15) is 0 Å². The number of rotatable bonds is 8. The molecule has 0 aliphatic carbocycles. The molecule has 0 saturated carbocycles. The summed E-state index contributed by atoms with van der Waals surface area (Å²) in [5.41, 5.74) is 0. The summed E-state index contributed by atoms with van der Waals surface area (Å²) in [6, 6.07) is 0. The molecule has 0 bridgehead atoms. The van der Waals surface area contributed by atoms with Crippen LogP contribution in [0.25, 0.3) is 0 Å². The van der Waals surface area contributed by atoms with Gasteiger partial charge in [-0.1, -0.05) is 0 Å². The van der Waals surface area contributed by atoms with Crippen LogP contribution < -0.4 is 0 Å². The molecule has 0 saturated heterocycles. The van der Waals surface area contributed by atoms with Gasteiger partial charge in [0.25, 0.3) is 0 Å². The molecular formula is C10H24HfN2. The molecule has 78 valence electrons.